The number of carbonyl (C=O) groups excluding carboxylic acids is 3. The van der Waals surface area contributed by atoms with Gasteiger partial charge in [0.25, 0.3) is 0 Å². The average molecular weight is 426 g/mol. The van der Waals surface area contributed by atoms with Crippen LogP contribution in [0.2, 0.25) is 0 Å². The van der Waals surface area contributed by atoms with Crippen LogP contribution in [0.25, 0.3) is 5.76 Å². The fourth-order valence-corrected chi connectivity index (χ4v) is 7.66. The first kappa shape index (κ1) is 18.4. The normalized spacial score (nSPS) is 31.4. The molecule has 5 heteroatoms. The fourth-order valence-electron chi connectivity index (χ4n) is 7.66. The van der Waals surface area contributed by atoms with Crippen molar-refractivity contribution in [2.45, 2.75) is 38.2 Å². The topological polar surface area (TPSA) is 69.7 Å². The summed E-state index contributed by atoms with van der Waals surface area (Å²) in [6.07, 6.45) is 3.33. The molecule has 3 saturated carbocycles. The molecule has 4 aliphatic carbocycles. The van der Waals surface area contributed by atoms with Gasteiger partial charge >= 0.3 is 5.97 Å². The summed E-state index contributed by atoms with van der Waals surface area (Å²) in [7, 11) is 0. The Bertz CT molecular complexity index is 1280. The van der Waals surface area contributed by atoms with E-state index in [1.54, 1.807) is 31.2 Å². The maximum absolute atomic E-state index is 14.4. The van der Waals surface area contributed by atoms with Crippen LogP contribution in [0.15, 0.2) is 60.2 Å². The summed E-state index contributed by atoms with van der Waals surface area (Å²) < 4.78 is 12.2. The number of fused-ring (bicyclic) bond motifs is 2. The molecular weight excluding hydrogens is 404 g/mol. The molecule has 0 N–H and O–H groups in total. The number of rotatable bonds is 3. The number of benzene rings is 2. The lowest BCUT2D eigenvalue weighted by Crippen LogP contribution is -2.81. The number of esters is 1. The Morgan fingerprint density at radius 1 is 0.875 bits per heavy atom. The van der Waals surface area contributed by atoms with Crippen molar-refractivity contribution in [2.24, 2.45) is 16.2 Å². The summed E-state index contributed by atoms with van der Waals surface area (Å²) in [6, 6.07) is 16.3. The number of ketones is 2. The zero-order valence-electron chi connectivity index (χ0n) is 17.8. The molecule has 1 heterocycles. The van der Waals surface area contributed by atoms with Gasteiger partial charge in [-0.3, -0.25) is 9.59 Å². The van der Waals surface area contributed by atoms with Gasteiger partial charge in [-0.05, 0) is 32.6 Å². The van der Waals surface area contributed by atoms with Gasteiger partial charge in [0, 0.05) is 27.5 Å². The van der Waals surface area contributed by atoms with Crippen molar-refractivity contribution in [3.63, 3.8) is 0 Å². The predicted octanol–water partition coefficient (Wildman–Crippen LogP) is 4.37. The Morgan fingerprint density at radius 3 is 2.06 bits per heavy atom. The lowest BCUT2D eigenvalue weighted by Gasteiger charge is -2.67. The molecule has 160 valence electrons. The fraction of sp³-hybridized carbons (Fsp3) is 0.370. The van der Waals surface area contributed by atoms with E-state index < -0.39 is 22.4 Å². The summed E-state index contributed by atoms with van der Waals surface area (Å²) in [5.74, 6) is -0.517. The highest BCUT2D eigenvalue weighted by atomic mass is 16.5. The van der Waals surface area contributed by atoms with Gasteiger partial charge < -0.3 is 9.47 Å². The molecular formula is C27H22O5. The smallest absolute Gasteiger partial charge is 0.339 e. The molecule has 1 aliphatic heterocycles. The van der Waals surface area contributed by atoms with Gasteiger partial charge in [-0.25, -0.2) is 4.79 Å². The molecule has 0 aromatic heterocycles. The molecule has 7 rings (SSSR count). The summed E-state index contributed by atoms with van der Waals surface area (Å²) in [5, 5.41) is 0. The minimum atomic E-state index is -1.35. The molecule has 5 nitrogen and oxygen atoms in total. The molecule has 0 amide bonds. The van der Waals surface area contributed by atoms with Crippen LogP contribution >= 0.6 is 0 Å². The second-order valence-electron chi connectivity index (χ2n) is 9.69. The van der Waals surface area contributed by atoms with Gasteiger partial charge in [0.15, 0.2) is 11.4 Å². The Hall–Kier alpha value is -3.21. The van der Waals surface area contributed by atoms with Crippen molar-refractivity contribution in [1.82, 2.24) is 0 Å². The van der Waals surface area contributed by atoms with Crippen LogP contribution in [0.4, 0.5) is 0 Å². The molecule has 2 spiro atoms. The van der Waals surface area contributed by atoms with Crippen LogP contribution in [0.1, 0.15) is 58.9 Å². The van der Waals surface area contributed by atoms with E-state index in [-0.39, 0.29) is 29.2 Å². The third-order valence-corrected chi connectivity index (χ3v) is 8.79. The quantitative estimate of drug-likeness (QED) is 0.682. The Kier molecular flexibility index (Phi) is 3.10. The highest BCUT2D eigenvalue weighted by molar-refractivity contribution is 6.29. The maximum Gasteiger partial charge on any atom is 0.339 e. The van der Waals surface area contributed by atoms with E-state index in [4.69, 9.17) is 9.47 Å². The summed E-state index contributed by atoms with van der Waals surface area (Å²) in [6.45, 7) is 1.94. The zero-order valence-corrected chi connectivity index (χ0v) is 17.8. The van der Waals surface area contributed by atoms with Gasteiger partial charge in [0.2, 0.25) is 5.78 Å². The lowest BCUT2D eigenvalue weighted by molar-refractivity contribution is -0.204. The van der Waals surface area contributed by atoms with Crippen molar-refractivity contribution in [1.29, 1.82) is 0 Å². The first-order chi connectivity index (χ1) is 15.5. The van der Waals surface area contributed by atoms with Gasteiger partial charge in [0.1, 0.15) is 11.2 Å². The van der Waals surface area contributed by atoms with E-state index in [1.165, 1.54) is 0 Å². The standard InChI is InChI=1S/C27H22O5/c1-2-31-23(30)19-20(16-8-4-3-5-9-16)32-27-22(29)18-11-7-6-10-17(18)21(28)26(19,27)24(12-13-24)25(27)14-15-25/h3-11H,2,12-15H2,1H3. The molecule has 2 unspecified atom stereocenters. The molecule has 0 bridgehead atoms. The third kappa shape index (κ3) is 1.53. The molecule has 5 aliphatic rings. The van der Waals surface area contributed by atoms with Gasteiger partial charge in [-0.2, -0.15) is 0 Å². The maximum atomic E-state index is 14.4. The number of hydrogen-bond donors (Lipinski definition) is 0. The second kappa shape index (κ2) is 5.40. The summed E-state index contributed by atoms with van der Waals surface area (Å²) in [4.78, 5) is 42.2. The van der Waals surface area contributed by atoms with E-state index in [1.807, 2.05) is 30.3 Å². The molecule has 2 atom stereocenters. The van der Waals surface area contributed by atoms with Crippen LogP contribution in [-0.2, 0) is 14.3 Å². The lowest BCUT2D eigenvalue weighted by atomic mass is 9.32. The molecule has 3 fully saturated rings. The predicted molar refractivity (Wildman–Crippen MR) is 115 cm³/mol. The first-order valence-corrected chi connectivity index (χ1v) is 11.4. The summed E-state index contributed by atoms with van der Waals surface area (Å²) in [5.41, 5.74) is -1.68. The minimum absolute atomic E-state index is 0.156. The number of ether oxygens (including phenoxy) is 2. The number of Topliss-reactive ketones (excluding diaryl/α,β-unsaturated/α-hetero) is 2. The summed E-state index contributed by atoms with van der Waals surface area (Å²) >= 11 is 0. The zero-order chi connectivity index (χ0) is 21.9. The first-order valence-electron chi connectivity index (χ1n) is 11.4. The van der Waals surface area contributed by atoms with Crippen LogP contribution in [0, 0.1) is 16.2 Å². The van der Waals surface area contributed by atoms with Crippen molar-refractivity contribution in [3.05, 3.63) is 76.9 Å². The Balaban J connectivity index is 1.59. The molecule has 0 radical (unpaired) electrons. The van der Waals surface area contributed by atoms with E-state index in [0.29, 0.717) is 22.4 Å². The Labute approximate surface area is 185 Å². The largest absolute Gasteiger partial charge is 0.476 e. The Morgan fingerprint density at radius 2 is 1.47 bits per heavy atom. The highest BCUT2D eigenvalue weighted by Crippen LogP contribution is 2.97. The van der Waals surface area contributed by atoms with Crippen LogP contribution in [0.3, 0.4) is 0 Å². The number of hydrogen-bond acceptors (Lipinski definition) is 5. The molecule has 2 aromatic carbocycles. The molecule has 0 saturated heterocycles. The van der Waals surface area contributed by atoms with E-state index in [9.17, 15) is 14.4 Å². The van der Waals surface area contributed by atoms with E-state index >= 15 is 0 Å². The van der Waals surface area contributed by atoms with Crippen LogP contribution < -0.4 is 0 Å². The van der Waals surface area contributed by atoms with Crippen molar-refractivity contribution in [3.8, 4) is 0 Å². The van der Waals surface area contributed by atoms with Gasteiger partial charge in [0.05, 0.1) is 12.2 Å². The van der Waals surface area contributed by atoms with Crippen molar-refractivity contribution < 1.29 is 23.9 Å². The highest BCUT2D eigenvalue weighted by Gasteiger charge is 3.03. The van der Waals surface area contributed by atoms with Crippen LogP contribution in [0.5, 0.6) is 0 Å². The molecule has 2 aromatic rings. The third-order valence-electron chi connectivity index (χ3n) is 8.79. The molecule has 32 heavy (non-hydrogen) atoms. The SMILES string of the molecule is CCOC(=O)C1=C(c2ccccc2)OC23C(=O)c4ccccc4C(=O)C12C1(CC1)C31CC1. The van der Waals surface area contributed by atoms with Gasteiger partial charge in [-0.1, -0.05) is 54.6 Å². The van der Waals surface area contributed by atoms with E-state index in [2.05, 4.69) is 0 Å². The van der Waals surface area contributed by atoms with Crippen LogP contribution in [-0.4, -0.2) is 29.7 Å². The van der Waals surface area contributed by atoms with Crippen molar-refractivity contribution >= 4 is 23.3 Å². The minimum Gasteiger partial charge on any atom is -0.476 e. The monoisotopic (exact) mass is 426 g/mol. The second-order valence-corrected chi connectivity index (χ2v) is 9.69. The number of carbonyl (C=O) groups is 3. The van der Waals surface area contributed by atoms with E-state index in [0.717, 1.165) is 25.7 Å². The van der Waals surface area contributed by atoms with Gasteiger partial charge in [-0.15, -0.1) is 0 Å². The van der Waals surface area contributed by atoms with Crippen molar-refractivity contribution in [2.75, 3.05) is 6.61 Å². The average Bonchev–Trinajstić information content (AvgIpc) is 3.74.